The normalized spacial score (nSPS) is 23.0. The van der Waals surface area contributed by atoms with Gasteiger partial charge >= 0.3 is 0 Å². The zero-order valence-corrected chi connectivity index (χ0v) is 15.7. The Morgan fingerprint density at radius 3 is 2.48 bits per heavy atom. The third-order valence-corrected chi connectivity index (χ3v) is 5.63. The van der Waals surface area contributed by atoms with E-state index in [1.165, 1.54) is 25.9 Å². The van der Waals surface area contributed by atoms with Crippen LogP contribution in [0, 0.1) is 5.92 Å². The fourth-order valence-corrected chi connectivity index (χ4v) is 4.14. The second kappa shape index (κ2) is 8.81. The highest BCUT2D eigenvalue weighted by Gasteiger charge is 2.29. The summed E-state index contributed by atoms with van der Waals surface area (Å²) < 4.78 is 5.41. The molecule has 25 heavy (non-hydrogen) atoms. The fourth-order valence-electron chi connectivity index (χ4n) is 4.14. The van der Waals surface area contributed by atoms with E-state index in [1.807, 2.05) is 36.1 Å². The number of carbonyl (C=O) groups is 1. The Morgan fingerprint density at radius 1 is 1.12 bits per heavy atom. The predicted octanol–water partition coefficient (Wildman–Crippen LogP) is 3.56. The van der Waals surface area contributed by atoms with E-state index in [1.54, 1.807) is 0 Å². The van der Waals surface area contributed by atoms with Gasteiger partial charge in [-0.1, -0.05) is 19.1 Å². The lowest BCUT2D eigenvalue weighted by molar-refractivity contribution is 0.0542. The summed E-state index contributed by atoms with van der Waals surface area (Å²) in [5.41, 5.74) is 1.92. The molecule has 1 aromatic rings. The van der Waals surface area contributed by atoms with Crippen molar-refractivity contribution >= 4 is 5.91 Å². The summed E-state index contributed by atoms with van der Waals surface area (Å²) in [4.78, 5) is 17.4. The predicted molar refractivity (Wildman–Crippen MR) is 101 cm³/mol. The summed E-state index contributed by atoms with van der Waals surface area (Å²) in [6, 6.07) is 8.56. The molecule has 138 valence electrons. The van der Waals surface area contributed by atoms with E-state index in [4.69, 9.17) is 4.74 Å². The molecule has 2 heterocycles. The van der Waals surface area contributed by atoms with Gasteiger partial charge in [-0.25, -0.2) is 0 Å². The first-order valence-corrected chi connectivity index (χ1v) is 9.87. The molecule has 0 spiro atoms. The van der Waals surface area contributed by atoms with Crippen LogP contribution in [0.15, 0.2) is 24.3 Å². The first-order valence-electron chi connectivity index (χ1n) is 9.87. The molecule has 4 heteroatoms. The summed E-state index contributed by atoms with van der Waals surface area (Å²) >= 11 is 0. The summed E-state index contributed by atoms with van der Waals surface area (Å²) in [5.74, 6) is 0.997. The summed E-state index contributed by atoms with van der Waals surface area (Å²) in [6.07, 6.45) is 4.92. The van der Waals surface area contributed by atoms with Gasteiger partial charge in [0.05, 0.1) is 6.61 Å². The summed E-state index contributed by atoms with van der Waals surface area (Å²) in [6.45, 7) is 9.93. The minimum Gasteiger partial charge on any atom is -0.377 e. The van der Waals surface area contributed by atoms with Crippen molar-refractivity contribution in [2.24, 2.45) is 5.92 Å². The molecule has 2 aliphatic rings. The summed E-state index contributed by atoms with van der Waals surface area (Å²) in [7, 11) is 0. The number of ether oxygens (including phenoxy) is 1. The molecule has 3 rings (SSSR count). The molecule has 0 saturated carbocycles. The van der Waals surface area contributed by atoms with E-state index >= 15 is 0 Å². The smallest absolute Gasteiger partial charge is 0.253 e. The lowest BCUT2D eigenvalue weighted by Crippen LogP contribution is -2.49. The van der Waals surface area contributed by atoms with Gasteiger partial charge in [0.25, 0.3) is 5.91 Å². The van der Waals surface area contributed by atoms with Gasteiger partial charge in [0.15, 0.2) is 0 Å². The minimum absolute atomic E-state index is 0.174. The van der Waals surface area contributed by atoms with Gasteiger partial charge < -0.3 is 9.64 Å². The molecule has 0 aliphatic carbocycles. The number of hydrogen-bond acceptors (Lipinski definition) is 3. The van der Waals surface area contributed by atoms with E-state index < -0.39 is 0 Å². The van der Waals surface area contributed by atoms with Gasteiger partial charge in [-0.3, -0.25) is 9.69 Å². The standard InChI is InChI=1S/C21H32N2O2/c1-3-25-16-18-6-8-19(9-7-18)21(24)22-13-10-20(11-14-22)23-12-4-5-17(2)15-23/h6-9,17,20H,3-5,10-16H2,1-2H3/t17-/m0/s1. The molecule has 0 unspecified atom stereocenters. The van der Waals surface area contributed by atoms with Crippen molar-refractivity contribution in [3.8, 4) is 0 Å². The van der Waals surface area contributed by atoms with Crippen LogP contribution >= 0.6 is 0 Å². The number of carbonyl (C=O) groups excluding carboxylic acids is 1. The third kappa shape index (κ3) is 4.83. The minimum atomic E-state index is 0.174. The van der Waals surface area contributed by atoms with Crippen molar-refractivity contribution in [3.63, 3.8) is 0 Å². The van der Waals surface area contributed by atoms with Crippen LogP contribution in [-0.2, 0) is 11.3 Å². The monoisotopic (exact) mass is 344 g/mol. The highest BCUT2D eigenvalue weighted by atomic mass is 16.5. The van der Waals surface area contributed by atoms with Crippen molar-refractivity contribution in [2.75, 3.05) is 32.8 Å². The first kappa shape index (κ1) is 18.4. The average molecular weight is 344 g/mol. The van der Waals surface area contributed by atoms with Crippen LogP contribution in [-0.4, -0.2) is 54.5 Å². The molecule has 1 aromatic carbocycles. The Labute approximate surface area is 152 Å². The number of rotatable bonds is 5. The van der Waals surface area contributed by atoms with Crippen LogP contribution < -0.4 is 0 Å². The maximum atomic E-state index is 12.7. The topological polar surface area (TPSA) is 32.8 Å². The van der Waals surface area contributed by atoms with Gasteiger partial charge in [0.1, 0.15) is 0 Å². The maximum Gasteiger partial charge on any atom is 0.253 e. The first-order chi connectivity index (χ1) is 12.2. The SMILES string of the molecule is CCOCc1ccc(C(=O)N2CCC(N3CCC[C@H](C)C3)CC2)cc1. The van der Waals surface area contributed by atoms with Crippen molar-refractivity contribution in [1.29, 1.82) is 0 Å². The van der Waals surface area contributed by atoms with Gasteiger partial charge in [-0.15, -0.1) is 0 Å². The molecule has 0 bridgehead atoms. The quantitative estimate of drug-likeness (QED) is 0.819. The Balaban J connectivity index is 1.51. The average Bonchev–Trinajstić information content (AvgIpc) is 2.66. The number of amides is 1. The van der Waals surface area contributed by atoms with Crippen molar-refractivity contribution < 1.29 is 9.53 Å². The maximum absolute atomic E-state index is 12.7. The van der Waals surface area contributed by atoms with Crippen LogP contribution in [0.2, 0.25) is 0 Å². The van der Waals surface area contributed by atoms with E-state index in [-0.39, 0.29) is 5.91 Å². The van der Waals surface area contributed by atoms with Gasteiger partial charge in [-0.05, 0) is 62.8 Å². The summed E-state index contributed by atoms with van der Waals surface area (Å²) in [5, 5.41) is 0. The molecular weight excluding hydrogens is 312 g/mol. The Morgan fingerprint density at radius 2 is 1.84 bits per heavy atom. The third-order valence-electron chi connectivity index (χ3n) is 5.63. The molecule has 2 fully saturated rings. The number of benzene rings is 1. The number of piperidine rings is 2. The molecular formula is C21H32N2O2. The Bertz CT molecular complexity index is 550. The Kier molecular flexibility index (Phi) is 6.49. The van der Waals surface area contributed by atoms with Gasteiger partial charge in [0.2, 0.25) is 0 Å². The lowest BCUT2D eigenvalue weighted by atomic mass is 9.95. The van der Waals surface area contributed by atoms with Crippen LogP contribution in [0.1, 0.15) is 55.5 Å². The molecule has 0 radical (unpaired) electrons. The van der Waals surface area contributed by atoms with Crippen LogP contribution in [0.3, 0.4) is 0 Å². The molecule has 4 nitrogen and oxygen atoms in total. The lowest BCUT2D eigenvalue weighted by Gasteiger charge is -2.41. The number of hydrogen-bond donors (Lipinski definition) is 0. The van der Waals surface area contributed by atoms with Crippen molar-refractivity contribution in [1.82, 2.24) is 9.80 Å². The van der Waals surface area contributed by atoms with E-state index in [2.05, 4.69) is 11.8 Å². The van der Waals surface area contributed by atoms with Gasteiger partial charge in [0, 0.05) is 37.8 Å². The van der Waals surface area contributed by atoms with Crippen LogP contribution in [0.4, 0.5) is 0 Å². The van der Waals surface area contributed by atoms with E-state index in [0.717, 1.165) is 43.0 Å². The molecule has 1 amide bonds. The molecule has 0 N–H and O–H groups in total. The zero-order chi connectivity index (χ0) is 17.6. The van der Waals surface area contributed by atoms with Crippen molar-refractivity contribution in [3.05, 3.63) is 35.4 Å². The highest BCUT2D eigenvalue weighted by Crippen LogP contribution is 2.24. The van der Waals surface area contributed by atoms with Gasteiger partial charge in [-0.2, -0.15) is 0 Å². The molecule has 1 atom stereocenters. The van der Waals surface area contributed by atoms with Crippen LogP contribution in [0.5, 0.6) is 0 Å². The fraction of sp³-hybridized carbons (Fsp3) is 0.667. The molecule has 2 aliphatic heterocycles. The van der Waals surface area contributed by atoms with E-state index in [9.17, 15) is 4.79 Å². The number of nitrogens with zero attached hydrogens (tertiary/aromatic N) is 2. The second-order valence-corrected chi connectivity index (χ2v) is 7.60. The molecule has 0 aromatic heterocycles. The van der Waals surface area contributed by atoms with Crippen molar-refractivity contribution in [2.45, 2.75) is 52.2 Å². The second-order valence-electron chi connectivity index (χ2n) is 7.60. The zero-order valence-electron chi connectivity index (χ0n) is 15.7. The van der Waals surface area contributed by atoms with E-state index in [0.29, 0.717) is 19.3 Å². The van der Waals surface area contributed by atoms with Crippen LogP contribution in [0.25, 0.3) is 0 Å². The largest absolute Gasteiger partial charge is 0.377 e. The highest BCUT2D eigenvalue weighted by molar-refractivity contribution is 5.94. The Hall–Kier alpha value is -1.39. The molecule has 2 saturated heterocycles. The number of likely N-dealkylation sites (tertiary alicyclic amines) is 2.